The van der Waals surface area contributed by atoms with Crippen molar-refractivity contribution in [3.8, 4) is 0 Å². The molecule has 1 atom stereocenters. The van der Waals surface area contributed by atoms with Gasteiger partial charge in [0.2, 0.25) is 5.91 Å². The Morgan fingerprint density at radius 1 is 1.42 bits per heavy atom. The van der Waals surface area contributed by atoms with Crippen molar-refractivity contribution in [2.24, 2.45) is 0 Å². The third kappa shape index (κ3) is 3.51. The molecule has 1 aromatic rings. The van der Waals surface area contributed by atoms with Gasteiger partial charge in [0, 0.05) is 19.8 Å². The van der Waals surface area contributed by atoms with E-state index in [0.717, 1.165) is 26.2 Å². The van der Waals surface area contributed by atoms with Crippen LogP contribution in [0.1, 0.15) is 29.8 Å². The summed E-state index contributed by atoms with van der Waals surface area (Å²) in [5.41, 5.74) is 2.51. The van der Waals surface area contributed by atoms with Crippen molar-refractivity contribution in [3.63, 3.8) is 0 Å². The molecular weight excluding hydrogens is 258 g/mol. The average molecular weight is 279 g/mol. The maximum Gasteiger partial charge on any atom is 0.233 e. The highest BCUT2D eigenvalue weighted by molar-refractivity contribution is 8.00. The van der Waals surface area contributed by atoms with Gasteiger partial charge in [-0.25, -0.2) is 0 Å². The molecule has 1 saturated heterocycles. The number of hydrogen-bond acceptors (Lipinski definition) is 3. The standard InChI is InChI=1S/C15H21NO2S/c1-3-18-10-6-9-16-14(17)11-19-15(16)13-8-5-4-7-12(13)2/h4-5,7-8,15H,3,6,9-11H2,1-2H3. The van der Waals surface area contributed by atoms with Crippen LogP contribution >= 0.6 is 11.8 Å². The number of hydrogen-bond donors (Lipinski definition) is 0. The Balaban J connectivity index is 2.03. The van der Waals surface area contributed by atoms with Gasteiger partial charge in [0.1, 0.15) is 5.37 Å². The summed E-state index contributed by atoms with van der Waals surface area (Å²) in [6.45, 7) is 6.35. The quantitative estimate of drug-likeness (QED) is 0.750. The van der Waals surface area contributed by atoms with E-state index in [4.69, 9.17) is 4.74 Å². The van der Waals surface area contributed by atoms with Crippen molar-refractivity contribution >= 4 is 17.7 Å². The van der Waals surface area contributed by atoms with Gasteiger partial charge in [0.15, 0.2) is 0 Å². The van der Waals surface area contributed by atoms with Crippen LogP contribution < -0.4 is 0 Å². The number of carbonyl (C=O) groups is 1. The zero-order valence-electron chi connectivity index (χ0n) is 11.6. The molecule has 0 bridgehead atoms. The molecule has 1 aliphatic rings. The SMILES string of the molecule is CCOCCCN1C(=O)CSC1c1ccccc1C. The number of ether oxygens (including phenoxy) is 1. The third-order valence-corrected chi connectivity index (χ3v) is 4.55. The number of nitrogens with zero attached hydrogens (tertiary/aromatic N) is 1. The molecule has 1 amide bonds. The first-order valence-corrected chi connectivity index (χ1v) is 7.83. The van der Waals surface area contributed by atoms with Crippen LogP contribution in [0.3, 0.4) is 0 Å². The molecule has 0 spiro atoms. The van der Waals surface area contributed by atoms with Crippen molar-refractivity contribution in [2.45, 2.75) is 25.6 Å². The van der Waals surface area contributed by atoms with Crippen LogP contribution in [0.25, 0.3) is 0 Å². The molecule has 0 aromatic heterocycles. The first-order valence-electron chi connectivity index (χ1n) is 6.78. The molecule has 0 saturated carbocycles. The predicted molar refractivity (Wildman–Crippen MR) is 79.2 cm³/mol. The lowest BCUT2D eigenvalue weighted by molar-refractivity contribution is -0.128. The first kappa shape index (κ1) is 14.4. The minimum absolute atomic E-state index is 0.176. The Bertz CT molecular complexity index is 436. The Labute approximate surface area is 119 Å². The molecule has 1 fully saturated rings. The summed E-state index contributed by atoms with van der Waals surface area (Å²) in [6, 6.07) is 8.32. The first-order chi connectivity index (χ1) is 9.24. The highest BCUT2D eigenvalue weighted by Gasteiger charge is 2.32. The molecule has 1 unspecified atom stereocenters. The molecule has 1 aliphatic heterocycles. The minimum atomic E-state index is 0.176. The fraction of sp³-hybridized carbons (Fsp3) is 0.533. The minimum Gasteiger partial charge on any atom is -0.382 e. The van der Waals surface area contributed by atoms with Crippen molar-refractivity contribution < 1.29 is 9.53 Å². The number of benzene rings is 1. The van der Waals surface area contributed by atoms with Gasteiger partial charge in [0.05, 0.1) is 5.75 Å². The summed E-state index contributed by atoms with van der Waals surface area (Å²) in [5, 5.41) is 0.176. The van der Waals surface area contributed by atoms with Gasteiger partial charge in [-0.05, 0) is 31.4 Å². The average Bonchev–Trinajstić information content (AvgIpc) is 2.77. The fourth-order valence-electron chi connectivity index (χ4n) is 2.30. The number of amides is 1. The summed E-state index contributed by atoms with van der Waals surface area (Å²) in [5.74, 6) is 0.836. The monoisotopic (exact) mass is 279 g/mol. The Kier molecular flexibility index (Phi) is 5.28. The van der Waals surface area contributed by atoms with Crippen molar-refractivity contribution in [2.75, 3.05) is 25.5 Å². The van der Waals surface area contributed by atoms with Crippen LogP contribution in [-0.2, 0) is 9.53 Å². The normalized spacial score (nSPS) is 19.2. The van der Waals surface area contributed by atoms with E-state index >= 15 is 0 Å². The van der Waals surface area contributed by atoms with Crippen LogP contribution in [0.2, 0.25) is 0 Å². The lowest BCUT2D eigenvalue weighted by Gasteiger charge is -2.25. The maximum atomic E-state index is 12.0. The number of carbonyl (C=O) groups excluding carboxylic acids is 1. The lowest BCUT2D eigenvalue weighted by atomic mass is 10.1. The molecule has 3 nitrogen and oxygen atoms in total. The largest absolute Gasteiger partial charge is 0.382 e. The van der Waals surface area contributed by atoms with Crippen molar-refractivity contribution in [1.82, 2.24) is 4.90 Å². The van der Waals surface area contributed by atoms with Gasteiger partial charge in [-0.2, -0.15) is 0 Å². The number of rotatable bonds is 6. The van der Waals surface area contributed by atoms with Crippen molar-refractivity contribution in [3.05, 3.63) is 35.4 Å². The predicted octanol–water partition coefficient (Wildman–Crippen LogP) is 3.00. The maximum absolute atomic E-state index is 12.0. The van der Waals surface area contributed by atoms with E-state index in [-0.39, 0.29) is 11.3 Å². The Morgan fingerprint density at radius 3 is 2.95 bits per heavy atom. The summed E-state index contributed by atoms with van der Waals surface area (Å²) < 4.78 is 5.35. The molecule has 19 heavy (non-hydrogen) atoms. The van der Waals surface area contributed by atoms with Gasteiger partial charge in [-0.3, -0.25) is 4.79 Å². The summed E-state index contributed by atoms with van der Waals surface area (Å²) in [4.78, 5) is 14.0. The van der Waals surface area contributed by atoms with E-state index in [1.54, 1.807) is 11.8 Å². The Morgan fingerprint density at radius 2 is 2.21 bits per heavy atom. The molecule has 0 N–H and O–H groups in total. The van der Waals surface area contributed by atoms with Gasteiger partial charge >= 0.3 is 0 Å². The Hall–Kier alpha value is -1.00. The van der Waals surface area contributed by atoms with E-state index in [1.807, 2.05) is 24.0 Å². The summed E-state index contributed by atoms with van der Waals surface area (Å²) >= 11 is 1.73. The van der Waals surface area contributed by atoms with Crippen LogP contribution in [0, 0.1) is 6.92 Å². The highest BCUT2D eigenvalue weighted by atomic mass is 32.2. The number of thioether (sulfide) groups is 1. The van der Waals surface area contributed by atoms with E-state index in [1.165, 1.54) is 11.1 Å². The smallest absolute Gasteiger partial charge is 0.233 e. The molecule has 1 heterocycles. The molecule has 0 aliphatic carbocycles. The molecule has 4 heteroatoms. The second-order valence-corrected chi connectivity index (χ2v) is 5.73. The second kappa shape index (κ2) is 6.96. The van der Waals surface area contributed by atoms with Crippen LogP contribution in [0.5, 0.6) is 0 Å². The number of aryl methyl sites for hydroxylation is 1. The van der Waals surface area contributed by atoms with E-state index in [0.29, 0.717) is 5.75 Å². The molecular formula is C15H21NO2S. The molecule has 0 radical (unpaired) electrons. The van der Waals surface area contributed by atoms with Gasteiger partial charge in [0.25, 0.3) is 0 Å². The lowest BCUT2D eigenvalue weighted by Crippen LogP contribution is -2.30. The fourth-order valence-corrected chi connectivity index (χ4v) is 3.61. The zero-order chi connectivity index (χ0) is 13.7. The van der Waals surface area contributed by atoms with Crippen LogP contribution in [0.15, 0.2) is 24.3 Å². The van der Waals surface area contributed by atoms with Gasteiger partial charge in [-0.1, -0.05) is 24.3 Å². The summed E-state index contributed by atoms with van der Waals surface area (Å²) in [7, 11) is 0. The van der Waals surface area contributed by atoms with Gasteiger partial charge < -0.3 is 9.64 Å². The van der Waals surface area contributed by atoms with E-state index < -0.39 is 0 Å². The third-order valence-electron chi connectivity index (χ3n) is 3.31. The van der Waals surface area contributed by atoms with E-state index in [9.17, 15) is 4.79 Å². The zero-order valence-corrected chi connectivity index (χ0v) is 12.4. The summed E-state index contributed by atoms with van der Waals surface area (Å²) in [6.07, 6.45) is 0.905. The second-order valence-electron chi connectivity index (χ2n) is 4.66. The molecule has 1 aromatic carbocycles. The van der Waals surface area contributed by atoms with Crippen molar-refractivity contribution in [1.29, 1.82) is 0 Å². The van der Waals surface area contributed by atoms with Crippen LogP contribution in [-0.4, -0.2) is 36.3 Å². The highest BCUT2D eigenvalue weighted by Crippen LogP contribution is 2.39. The molecule has 104 valence electrons. The molecule has 2 rings (SSSR count). The van der Waals surface area contributed by atoms with E-state index in [2.05, 4.69) is 19.1 Å². The van der Waals surface area contributed by atoms with Gasteiger partial charge in [-0.15, -0.1) is 11.8 Å². The van der Waals surface area contributed by atoms with Crippen LogP contribution in [0.4, 0.5) is 0 Å². The topological polar surface area (TPSA) is 29.5 Å².